The first-order chi connectivity index (χ1) is 10.8. The van der Waals surface area contributed by atoms with Crippen LogP contribution < -0.4 is 5.32 Å². The molecule has 110 valence electrons. The minimum atomic E-state index is -0.120. The Morgan fingerprint density at radius 3 is 2.45 bits per heavy atom. The quantitative estimate of drug-likeness (QED) is 0.803. The van der Waals surface area contributed by atoms with Crippen LogP contribution in [-0.4, -0.2) is 20.9 Å². The molecule has 1 amide bonds. The number of aromatic nitrogens is 3. The number of aryl methyl sites for hydroxylation is 1. The van der Waals surface area contributed by atoms with Crippen LogP contribution in [0.2, 0.25) is 0 Å². The molecule has 3 aromatic rings. The van der Waals surface area contributed by atoms with Gasteiger partial charge in [-0.05, 0) is 31.2 Å². The zero-order valence-electron chi connectivity index (χ0n) is 12.2. The van der Waals surface area contributed by atoms with Crippen molar-refractivity contribution in [2.75, 3.05) is 5.32 Å². The number of nitrogens with one attached hydrogen (secondary N) is 1. The number of rotatable bonds is 4. The summed E-state index contributed by atoms with van der Waals surface area (Å²) in [6.07, 6.45) is 1.74. The Morgan fingerprint density at radius 1 is 1.09 bits per heavy atom. The Balaban J connectivity index is 1.73. The van der Waals surface area contributed by atoms with E-state index < -0.39 is 0 Å². The van der Waals surface area contributed by atoms with Gasteiger partial charge in [-0.1, -0.05) is 30.3 Å². The van der Waals surface area contributed by atoms with Gasteiger partial charge >= 0.3 is 0 Å². The summed E-state index contributed by atoms with van der Waals surface area (Å²) in [6.45, 7) is 2.73. The molecule has 0 saturated carbocycles. The molecule has 0 aliphatic heterocycles. The maximum atomic E-state index is 12.1. The van der Waals surface area contributed by atoms with Crippen LogP contribution in [-0.2, 0) is 6.54 Å². The second-order valence-electron chi connectivity index (χ2n) is 4.82. The molecule has 0 spiro atoms. The third kappa shape index (κ3) is 3.03. The van der Waals surface area contributed by atoms with Crippen LogP contribution in [0.4, 0.5) is 5.69 Å². The van der Waals surface area contributed by atoms with Gasteiger partial charge in [-0.2, -0.15) is 15.0 Å². The summed E-state index contributed by atoms with van der Waals surface area (Å²) in [5.41, 5.74) is 3.18. The lowest BCUT2D eigenvalue weighted by molar-refractivity contribution is 0.102. The minimum Gasteiger partial charge on any atom is -0.322 e. The lowest BCUT2D eigenvalue weighted by Gasteiger charge is -2.05. The Kier molecular flexibility index (Phi) is 3.96. The summed E-state index contributed by atoms with van der Waals surface area (Å²) in [5.74, 6) is -0.120. The third-order valence-electron chi connectivity index (χ3n) is 3.29. The number of anilines is 1. The smallest absolute Gasteiger partial charge is 0.255 e. The molecule has 0 saturated heterocycles. The van der Waals surface area contributed by atoms with Gasteiger partial charge in [0.1, 0.15) is 5.69 Å². The average molecular weight is 292 g/mol. The highest BCUT2D eigenvalue weighted by Gasteiger charge is 2.06. The molecule has 0 bridgehead atoms. The summed E-state index contributed by atoms with van der Waals surface area (Å²) < 4.78 is 0. The first-order valence-electron chi connectivity index (χ1n) is 7.13. The average Bonchev–Trinajstić information content (AvgIpc) is 3.05. The van der Waals surface area contributed by atoms with Crippen LogP contribution in [0.3, 0.4) is 0 Å². The fraction of sp³-hybridized carbons (Fsp3) is 0.118. The van der Waals surface area contributed by atoms with E-state index in [1.165, 1.54) is 0 Å². The fourth-order valence-electron chi connectivity index (χ4n) is 2.10. The molecular formula is C17H16N4O. The van der Waals surface area contributed by atoms with Gasteiger partial charge in [0.25, 0.3) is 5.91 Å². The Labute approximate surface area is 128 Å². The molecule has 0 unspecified atom stereocenters. The van der Waals surface area contributed by atoms with E-state index >= 15 is 0 Å². The van der Waals surface area contributed by atoms with Gasteiger partial charge in [-0.15, -0.1) is 0 Å². The first kappa shape index (κ1) is 14.0. The van der Waals surface area contributed by atoms with Crippen LogP contribution in [0.15, 0.2) is 60.8 Å². The lowest BCUT2D eigenvalue weighted by Crippen LogP contribution is -2.11. The maximum Gasteiger partial charge on any atom is 0.255 e. The Morgan fingerprint density at radius 2 is 1.82 bits per heavy atom. The number of amides is 1. The van der Waals surface area contributed by atoms with Crippen molar-refractivity contribution in [3.63, 3.8) is 0 Å². The molecule has 1 heterocycles. The zero-order valence-corrected chi connectivity index (χ0v) is 12.2. The van der Waals surface area contributed by atoms with Gasteiger partial charge in [0.15, 0.2) is 0 Å². The molecule has 3 rings (SSSR count). The predicted molar refractivity (Wildman–Crippen MR) is 85.5 cm³/mol. The van der Waals surface area contributed by atoms with E-state index in [-0.39, 0.29) is 5.91 Å². The van der Waals surface area contributed by atoms with E-state index in [9.17, 15) is 4.79 Å². The number of hydrogen-bond donors (Lipinski definition) is 1. The molecule has 5 nitrogen and oxygen atoms in total. The van der Waals surface area contributed by atoms with E-state index in [2.05, 4.69) is 15.5 Å². The number of nitrogens with zero attached hydrogens (tertiary/aromatic N) is 3. The SMILES string of the molecule is CCn1ncc(-c2ccc(NC(=O)c3ccccc3)cc2)n1. The van der Waals surface area contributed by atoms with E-state index in [0.29, 0.717) is 5.56 Å². The van der Waals surface area contributed by atoms with Crippen LogP contribution in [0, 0.1) is 0 Å². The molecule has 22 heavy (non-hydrogen) atoms. The largest absolute Gasteiger partial charge is 0.322 e. The fourth-order valence-corrected chi connectivity index (χ4v) is 2.10. The number of benzene rings is 2. The number of carbonyl (C=O) groups is 1. The molecule has 1 aromatic heterocycles. The molecule has 5 heteroatoms. The Hall–Kier alpha value is -2.95. The van der Waals surface area contributed by atoms with Crippen molar-refractivity contribution in [1.29, 1.82) is 0 Å². The molecule has 0 atom stereocenters. The standard InChI is InChI=1S/C17H16N4O/c1-2-21-18-12-16(20-21)13-8-10-15(11-9-13)19-17(22)14-6-4-3-5-7-14/h3-12H,2H2,1H3,(H,19,22). The normalized spacial score (nSPS) is 10.4. The van der Waals surface area contributed by atoms with Crippen LogP contribution in [0.25, 0.3) is 11.3 Å². The van der Waals surface area contributed by atoms with Crippen molar-refractivity contribution < 1.29 is 4.79 Å². The zero-order chi connectivity index (χ0) is 15.4. The minimum absolute atomic E-state index is 0.120. The highest BCUT2D eigenvalue weighted by molar-refractivity contribution is 6.04. The van der Waals surface area contributed by atoms with Crippen molar-refractivity contribution in [3.05, 3.63) is 66.4 Å². The van der Waals surface area contributed by atoms with E-state index in [1.807, 2.05) is 49.4 Å². The Bertz CT molecular complexity index is 763. The van der Waals surface area contributed by atoms with Gasteiger partial charge in [0.2, 0.25) is 0 Å². The second kappa shape index (κ2) is 6.22. The van der Waals surface area contributed by atoms with Crippen molar-refractivity contribution in [2.24, 2.45) is 0 Å². The van der Waals surface area contributed by atoms with E-state index in [4.69, 9.17) is 0 Å². The summed E-state index contributed by atoms with van der Waals surface area (Å²) >= 11 is 0. The number of hydrogen-bond acceptors (Lipinski definition) is 3. The first-order valence-corrected chi connectivity index (χ1v) is 7.13. The van der Waals surface area contributed by atoms with Gasteiger partial charge in [0, 0.05) is 16.8 Å². The van der Waals surface area contributed by atoms with E-state index in [0.717, 1.165) is 23.5 Å². The lowest BCUT2D eigenvalue weighted by atomic mass is 10.1. The topological polar surface area (TPSA) is 59.8 Å². The van der Waals surface area contributed by atoms with Crippen molar-refractivity contribution in [3.8, 4) is 11.3 Å². The summed E-state index contributed by atoms with van der Waals surface area (Å²) in [6, 6.07) is 16.7. The molecule has 2 aromatic carbocycles. The summed E-state index contributed by atoms with van der Waals surface area (Å²) in [4.78, 5) is 13.7. The molecule has 1 N–H and O–H groups in total. The summed E-state index contributed by atoms with van der Waals surface area (Å²) in [5, 5.41) is 11.4. The van der Waals surface area contributed by atoms with Gasteiger partial charge in [-0.25, -0.2) is 0 Å². The van der Waals surface area contributed by atoms with Crippen molar-refractivity contribution in [1.82, 2.24) is 15.0 Å². The van der Waals surface area contributed by atoms with Gasteiger partial charge in [-0.3, -0.25) is 4.79 Å². The third-order valence-corrected chi connectivity index (χ3v) is 3.29. The predicted octanol–water partition coefficient (Wildman–Crippen LogP) is 3.22. The van der Waals surface area contributed by atoms with Crippen LogP contribution >= 0.6 is 0 Å². The van der Waals surface area contributed by atoms with Crippen molar-refractivity contribution in [2.45, 2.75) is 13.5 Å². The molecule has 0 fully saturated rings. The maximum absolute atomic E-state index is 12.1. The number of carbonyl (C=O) groups excluding carboxylic acids is 1. The van der Waals surface area contributed by atoms with Gasteiger partial charge in [0.05, 0.1) is 12.7 Å². The monoisotopic (exact) mass is 292 g/mol. The molecule has 0 radical (unpaired) electrons. The van der Waals surface area contributed by atoms with Crippen molar-refractivity contribution >= 4 is 11.6 Å². The van der Waals surface area contributed by atoms with Crippen LogP contribution in [0.1, 0.15) is 17.3 Å². The second-order valence-corrected chi connectivity index (χ2v) is 4.82. The van der Waals surface area contributed by atoms with Crippen LogP contribution in [0.5, 0.6) is 0 Å². The molecular weight excluding hydrogens is 276 g/mol. The molecule has 0 aliphatic carbocycles. The van der Waals surface area contributed by atoms with Gasteiger partial charge < -0.3 is 5.32 Å². The van der Waals surface area contributed by atoms with E-state index in [1.54, 1.807) is 23.1 Å². The highest BCUT2D eigenvalue weighted by Crippen LogP contribution is 2.19. The molecule has 0 aliphatic rings. The summed E-state index contributed by atoms with van der Waals surface area (Å²) in [7, 11) is 0. The highest BCUT2D eigenvalue weighted by atomic mass is 16.1.